The van der Waals surface area contributed by atoms with Crippen LogP contribution in [0.2, 0.25) is 0 Å². The maximum Gasteiger partial charge on any atom is 0.260 e. The molecule has 1 aliphatic rings. The lowest BCUT2D eigenvalue weighted by molar-refractivity contribution is -0.134. The molecule has 2 aromatic heterocycles. The zero-order valence-electron chi connectivity index (χ0n) is 17.1. The van der Waals surface area contributed by atoms with Crippen molar-refractivity contribution in [3.05, 3.63) is 66.0 Å². The Morgan fingerprint density at radius 1 is 1.10 bits per heavy atom. The van der Waals surface area contributed by atoms with Gasteiger partial charge in [-0.05, 0) is 36.2 Å². The quantitative estimate of drug-likeness (QED) is 0.534. The second-order valence-corrected chi connectivity index (χ2v) is 7.67. The van der Waals surface area contributed by atoms with Crippen molar-refractivity contribution in [2.24, 2.45) is 0 Å². The molecule has 0 saturated heterocycles. The molecule has 0 unspecified atom stereocenters. The van der Waals surface area contributed by atoms with Crippen LogP contribution < -0.4 is 4.74 Å². The SMILES string of the molecule is COCCn1ccc2c(OCC(=O)N3CCc4c([nH]c5ccccc45)C3)cccc21. The normalized spacial score (nSPS) is 13.7. The van der Waals surface area contributed by atoms with E-state index >= 15 is 0 Å². The van der Waals surface area contributed by atoms with Crippen LogP contribution >= 0.6 is 0 Å². The summed E-state index contributed by atoms with van der Waals surface area (Å²) in [5.74, 6) is 0.746. The maximum absolute atomic E-state index is 12.8. The van der Waals surface area contributed by atoms with E-state index in [9.17, 15) is 4.79 Å². The minimum absolute atomic E-state index is 0.00937. The number of aromatic amines is 1. The molecule has 0 spiro atoms. The summed E-state index contributed by atoms with van der Waals surface area (Å²) in [5, 5.41) is 2.28. The molecule has 0 radical (unpaired) electrons. The molecule has 4 aromatic rings. The van der Waals surface area contributed by atoms with Gasteiger partial charge >= 0.3 is 0 Å². The number of nitrogens with one attached hydrogen (secondary N) is 1. The van der Waals surface area contributed by atoms with Crippen molar-refractivity contribution >= 4 is 27.7 Å². The van der Waals surface area contributed by atoms with Crippen LogP contribution in [-0.2, 0) is 29.0 Å². The third kappa shape index (κ3) is 3.33. The standard InChI is InChI=1S/C24H25N3O3/c1-29-14-13-26-11-10-19-22(26)7-4-8-23(19)30-16-24(28)27-12-9-18-17-5-2-3-6-20(17)25-21(18)15-27/h2-8,10-11,25H,9,12-16H2,1H3. The Balaban J connectivity index is 1.28. The molecule has 6 nitrogen and oxygen atoms in total. The number of aromatic nitrogens is 2. The highest BCUT2D eigenvalue weighted by Gasteiger charge is 2.24. The lowest BCUT2D eigenvalue weighted by Crippen LogP contribution is -2.38. The van der Waals surface area contributed by atoms with E-state index < -0.39 is 0 Å². The first-order valence-electron chi connectivity index (χ1n) is 10.3. The van der Waals surface area contributed by atoms with E-state index in [2.05, 4.69) is 33.8 Å². The number of ether oxygens (including phenoxy) is 2. The molecule has 0 atom stereocenters. The van der Waals surface area contributed by atoms with Gasteiger partial charge < -0.3 is 23.9 Å². The number of carbonyl (C=O) groups excluding carboxylic acids is 1. The van der Waals surface area contributed by atoms with Crippen LogP contribution in [0.25, 0.3) is 21.8 Å². The van der Waals surface area contributed by atoms with Gasteiger partial charge in [0.05, 0.1) is 18.7 Å². The van der Waals surface area contributed by atoms with Crippen molar-refractivity contribution < 1.29 is 14.3 Å². The third-order valence-electron chi connectivity index (χ3n) is 5.90. The zero-order valence-corrected chi connectivity index (χ0v) is 17.1. The molecule has 0 fully saturated rings. The lowest BCUT2D eigenvalue weighted by Gasteiger charge is -2.27. The van der Waals surface area contributed by atoms with E-state index in [4.69, 9.17) is 9.47 Å². The summed E-state index contributed by atoms with van der Waals surface area (Å²) in [5.41, 5.74) is 4.68. The number of hydrogen-bond donors (Lipinski definition) is 1. The van der Waals surface area contributed by atoms with Gasteiger partial charge in [0.15, 0.2) is 6.61 Å². The predicted molar refractivity (Wildman–Crippen MR) is 117 cm³/mol. The Hall–Kier alpha value is -3.25. The number of para-hydroxylation sites is 1. The van der Waals surface area contributed by atoms with E-state index in [1.54, 1.807) is 7.11 Å². The number of rotatable bonds is 6. The van der Waals surface area contributed by atoms with Gasteiger partial charge in [0, 0.05) is 48.4 Å². The number of amides is 1. The summed E-state index contributed by atoms with van der Waals surface area (Å²) in [6.45, 7) is 2.79. The van der Waals surface area contributed by atoms with E-state index in [0.717, 1.165) is 40.8 Å². The van der Waals surface area contributed by atoms with Crippen molar-refractivity contribution in [3.63, 3.8) is 0 Å². The number of H-pyrrole nitrogens is 1. The largest absolute Gasteiger partial charge is 0.483 e. The Morgan fingerprint density at radius 3 is 2.90 bits per heavy atom. The van der Waals surface area contributed by atoms with E-state index in [-0.39, 0.29) is 12.5 Å². The Labute approximate surface area is 175 Å². The van der Waals surface area contributed by atoms with Crippen LogP contribution in [0.3, 0.4) is 0 Å². The van der Waals surface area contributed by atoms with Crippen molar-refractivity contribution in [1.82, 2.24) is 14.5 Å². The fourth-order valence-electron chi connectivity index (χ4n) is 4.34. The molecule has 5 rings (SSSR count). The average molecular weight is 403 g/mol. The van der Waals surface area contributed by atoms with Gasteiger partial charge in [-0.2, -0.15) is 0 Å². The minimum atomic E-state index is 0.00937. The van der Waals surface area contributed by atoms with Gasteiger partial charge in [0.1, 0.15) is 5.75 Å². The summed E-state index contributed by atoms with van der Waals surface area (Å²) in [7, 11) is 1.70. The van der Waals surface area contributed by atoms with Crippen molar-refractivity contribution in [2.75, 3.05) is 26.9 Å². The van der Waals surface area contributed by atoms with Gasteiger partial charge in [0.25, 0.3) is 5.91 Å². The van der Waals surface area contributed by atoms with Crippen molar-refractivity contribution in [1.29, 1.82) is 0 Å². The molecular formula is C24H25N3O3. The fourth-order valence-corrected chi connectivity index (χ4v) is 4.34. The molecule has 30 heavy (non-hydrogen) atoms. The van der Waals surface area contributed by atoms with Crippen molar-refractivity contribution in [3.8, 4) is 5.75 Å². The highest BCUT2D eigenvalue weighted by molar-refractivity contribution is 5.88. The van der Waals surface area contributed by atoms with Gasteiger partial charge in [-0.3, -0.25) is 4.79 Å². The maximum atomic E-state index is 12.8. The minimum Gasteiger partial charge on any atom is -0.483 e. The number of nitrogens with zero attached hydrogens (tertiary/aromatic N) is 2. The molecule has 2 aromatic carbocycles. The molecule has 0 aliphatic carbocycles. The summed E-state index contributed by atoms with van der Waals surface area (Å²) >= 11 is 0. The van der Waals surface area contributed by atoms with Crippen LogP contribution in [-0.4, -0.2) is 47.2 Å². The zero-order chi connectivity index (χ0) is 20.5. The van der Waals surface area contributed by atoms with Gasteiger partial charge in [-0.25, -0.2) is 0 Å². The molecular weight excluding hydrogens is 378 g/mol. The van der Waals surface area contributed by atoms with Crippen LogP contribution in [0.1, 0.15) is 11.3 Å². The number of benzene rings is 2. The first-order chi connectivity index (χ1) is 14.7. The van der Waals surface area contributed by atoms with Gasteiger partial charge in [-0.1, -0.05) is 24.3 Å². The third-order valence-corrected chi connectivity index (χ3v) is 5.90. The monoisotopic (exact) mass is 403 g/mol. The first-order valence-corrected chi connectivity index (χ1v) is 10.3. The molecule has 154 valence electrons. The van der Waals surface area contributed by atoms with E-state index in [1.807, 2.05) is 35.4 Å². The van der Waals surface area contributed by atoms with Gasteiger partial charge in [-0.15, -0.1) is 0 Å². The number of methoxy groups -OCH3 is 1. The van der Waals surface area contributed by atoms with E-state index in [0.29, 0.717) is 19.7 Å². The smallest absolute Gasteiger partial charge is 0.260 e. The molecule has 1 aliphatic heterocycles. The topological polar surface area (TPSA) is 59.5 Å². The van der Waals surface area contributed by atoms with E-state index in [1.165, 1.54) is 10.9 Å². The number of fused-ring (bicyclic) bond motifs is 4. The predicted octanol–water partition coefficient (Wildman–Crippen LogP) is 3.73. The Bertz CT molecular complexity index is 1210. The average Bonchev–Trinajstić information content (AvgIpc) is 3.37. The number of carbonyl (C=O) groups is 1. The summed E-state index contributed by atoms with van der Waals surface area (Å²) in [6, 6.07) is 16.3. The fraction of sp³-hybridized carbons (Fsp3) is 0.292. The van der Waals surface area contributed by atoms with Crippen LogP contribution in [0, 0.1) is 0 Å². The molecule has 1 amide bonds. The molecule has 6 heteroatoms. The molecule has 3 heterocycles. The first kappa shape index (κ1) is 18.8. The van der Waals surface area contributed by atoms with Crippen molar-refractivity contribution in [2.45, 2.75) is 19.5 Å². The Morgan fingerprint density at radius 2 is 2.00 bits per heavy atom. The Kier molecular flexibility index (Phi) is 4.93. The van der Waals surface area contributed by atoms with Crippen LogP contribution in [0.15, 0.2) is 54.7 Å². The summed E-state index contributed by atoms with van der Waals surface area (Å²) < 4.78 is 13.3. The van der Waals surface area contributed by atoms with Crippen LogP contribution in [0.5, 0.6) is 5.75 Å². The molecule has 0 bridgehead atoms. The molecule has 0 saturated carbocycles. The highest BCUT2D eigenvalue weighted by Crippen LogP contribution is 2.29. The van der Waals surface area contributed by atoms with Gasteiger partial charge in [0.2, 0.25) is 0 Å². The van der Waals surface area contributed by atoms with Crippen LogP contribution in [0.4, 0.5) is 0 Å². The molecule has 1 N–H and O–H groups in total. The second kappa shape index (κ2) is 7.88. The highest BCUT2D eigenvalue weighted by atomic mass is 16.5. The summed E-state index contributed by atoms with van der Waals surface area (Å²) in [6.07, 6.45) is 2.89. The summed E-state index contributed by atoms with van der Waals surface area (Å²) in [4.78, 5) is 18.2. The lowest BCUT2D eigenvalue weighted by atomic mass is 10.0. The second-order valence-electron chi connectivity index (χ2n) is 7.67. The number of hydrogen-bond acceptors (Lipinski definition) is 3.